The number of aromatic nitrogens is 1. The van der Waals surface area contributed by atoms with Gasteiger partial charge in [-0.2, -0.15) is 0 Å². The Kier molecular flexibility index (Phi) is 4.34. The molecule has 0 atom stereocenters. The van der Waals surface area contributed by atoms with Gasteiger partial charge >= 0.3 is 0 Å². The van der Waals surface area contributed by atoms with E-state index < -0.39 is 0 Å². The maximum Gasteiger partial charge on any atom is 0.146 e. The second kappa shape index (κ2) is 6.18. The summed E-state index contributed by atoms with van der Waals surface area (Å²) in [4.78, 5) is 4.21. The Morgan fingerprint density at radius 1 is 1.21 bits per heavy atom. The predicted molar refractivity (Wildman–Crippen MR) is 77.4 cm³/mol. The molecule has 0 aliphatic rings. The number of aryl methyl sites for hydroxylation is 1. The van der Waals surface area contributed by atoms with Gasteiger partial charge in [0.1, 0.15) is 11.6 Å². The monoisotopic (exact) mass is 259 g/mol. The topological polar surface area (TPSA) is 37.0 Å². The van der Waals surface area contributed by atoms with Gasteiger partial charge in [-0.15, -0.1) is 0 Å². The van der Waals surface area contributed by atoms with Crippen LogP contribution in [0.15, 0.2) is 36.5 Å². The highest BCUT2D eigenvalue weighted by molar-refractivity contribution is 5.63. The van der Waals surface area contributed by atoms with E-state index in [1.165, 1.54) is 6.07 Å². The van der Waals surface area contributed by atoms with Gasteiger partial charge in [0, 0.05) is 24.5 Å². The molecule has 100 valence electrons. The summed E-state index contributed by atoms with van der Waals surface area (Å²) >= 11 is 0. The Bertz CT molecular complexity index is 555. The van der Waals surface area contributed by atoms with E-state index in [4.69, 9.17) is 0 Å². The second-order valence-electron chi connectivity index (χ2n) is 4.46. The first-order chi connectivity index (χ1) is 9.19. The summed E-state index contributed by atoms with van der Waals surface area (Å²) in [5.41, 5.74) is 2.19. The van der Waals surface area contributed by atoms with E-state index in [-0.39, 0.29) is 5.82 Å². The summed E-state index contributed by atoms with van der Waals surface area (Å²) in [5, 5.41) is 6.26. The molecule has 0 saturated carbocycles. The third-order valence-electron chi connectivity index (χ3n) is 2.72. The zero-order valence-corrected chi connectivity index (χ0v) is 11.2. The third-order valence-corrected chi connectivity index (χ3v) is 2.72. The molecule has 0 spiro atoms. The predicted octanol–water partition coefficient (Wildman–Crippen LogP) is 4.09. The molecule has 2 aromatic rings. The Balaban J connectivity index is 2.14. The van der Waals surface area contributed by atoms with Crippen molar-refractivity contribution in [1.29, 1.82) is 0 Å². The van der Waals surface area contributed by atoms with Crippen molar-refractivity contribution >= 4 is 17.2 Å². The molecule has 2 N–H and O–H groups in total. The standard InChI is InChI=1S/C15H18FN3/c1-3-7-17-15-10-12(6-8-18-15)19-14-5-4-11(2)9-13(14)16/h4-6,8-10H,3,7H2,1-2H3,(H2,17,18,19). The van der Waals surface area contributed by atoms with Gasteiger partial charge < -0.3 is 10.6 Å². The number of benzene rings is 1. The fourth-order valence-electron chi connectivity index (χ4n) is 1.74. The Hall–Kier alpha value is -2.10. The molecule has 4 heteroatoms. The number of anilines is 3. The van der Waals surface area contributed by atoms with Gasteiger partial charge in [0.25, 0.3) is 0 Å². The zero-order valence-electron chi connectivity index (χ0n) is 11.2. The van der Waals surface area contributed by atoms with E-state index in [0.29, 0.717) is 5.69 Å². The van der Waals surface area contributed by atoms with Crippen molar-refractivity contribution < 1.29 is 4.39 Å². The normalized spacial score (nSPS) is 10.3. The number of rotatable bonds is 5. The highest BCUT2D eigenvalue weighted by Gasteiger charge is 2.03. The van der Waals surface area contributed by atoms with Crippen molar-refractivity contribution in [2.75, 3.05) is 17.2 Å². The molecular weight excluding hydrogens is 241 g/mol. The van der Waals surface area contributed by atoms with Gasteiger partial charge in [-0.1, -0.05) is 13.0 Å². The van der Waals surface area contributed by atoms with Crippen molar-refractivity contribution in [3.63, 3.8) is 0 Å². The highest BCUT2D eigenvalue weighted by Crippen LogP contribution is 2.21. The maximum absolute atomic E-state index is 13.7. The average molecular weight is 259 g/mol. The van der Waals surface area contributed by atoms with E-state index in [2.05, 4.69) is 22.5 Å². The van der Waals surface area contributed by atoms with Crippen molar-refractivity contribution in [3.8, 4) is 0 Å². The van der Waals surface area contributed by atoms with Crippen molar-refractivity contribution in [3.05, 3.63) is 47.9 Å². The fourth-order valence-corrected chi connectivity index (χ4v) is 1.74. The lowest BCUT2D eigenvalue weighted by Gasteiger charge is -2.10. The van der Waals surface area contributed by atoms with E-state index >= 15 is 0 Å². The van der Waals surface area contributed by atoms with Crippen molar-refractivity contribution in [2.45, 2.75) is 20.3 Å². The van der Waals surface area contributed by atoms with Crippen LogP contribution in [0.2, 0.25) is 0 Å². The molecule has 2 rings (SSSR count). The van der Waals surface area contributed by atoms with Crippen LogP contribution in [0.25, 0.3) is 0 Å². The van der Waals surface area contributed by atoms with Crippen LogP contribution in [-0.2, 0) is 0 Å². The molecule has 1 aromatic carbocycles. The van der Waals surface area contributed by atoms with Gasteiger partial charge in [0.15, 0.2) is 0 Å². The minimum Gasteiger partial charge on any atom is -0.370 e. The molecule has 0 unspecified atom stereocenters. The molecular formula is C15H18FN3. The highest BCUT2D eigenvalue weighted by atomic mass is 19.1. The van der Waals surface area contributed by atoms with E-state index in [1.807, 2.05) is 25.1 Å². The summed E-state index contributed by atoms with van der Waals surface area (Å²) in [7, 11) is 0. The summed E-state index contributed by atoms with van der Waals surface area (Å²) in [6.45, 7) is 4.83. The first-order valence-electron chi connectivity index (χ1n) is 6.42. The minimum atomic E-state index is -0.250. The average Bonchev–Trinajstić information content (AvgIpc) is 2.40. The number of hydrogen-bond donors (Lipinski definition) is 2. The van der Waals surface area contributed by atoms with Gasteiger partial charge in [-0.25, -0.2) is 9.37 Å². The Labute approximate surface area is 112 Å². The molecule has 1 heterocycles. The molecule has 3 nitrogen and oxygen atoms in total. The molecule has 0 fully saturated rings. The van der Waals surface area contributed by atoms with E-state index in [0.717, 1.165) is 30.0 Å². The Morgan fingerprint density at radius 2 is 2.05 bits per heavy atom. The van der Waals surface area contributed by atoms with Crippen LogP contribution < -0.4 is 10.6 Å². The molecule has 0 aliphatic carbocycles. The number of halogens is 1. The van der Waals surface area contributed by atoms with Gasteiger partial charge in [0.05, 0.1) is 5.69 Å². The summed E-state index contributed by atoms with van der Waals surface area (Å²) in [5.74, 6) is 0.541. The lowest BCUT2D eigenvalue weighted by molar-refractivity contribution is 0.631. The SMILES string of the molecule is CCCNc1cc(Nc2ccc(C)cc2F)ccn1. The fraction of sp³-hybridized carbons (Fsp3) is 0.267. The van der Waals surface area contributed by atoms with E-state index in [1.54, 1.807) is 12.3 Å². The van der Waals surface area contributed by atoms with Crippen LogP contribution in [0.5, 0.6) is 0 Å². The molecule has 0 aliphatic heterocycles. The molecule has 0 saturated heterocycles. The number of hydrogen-bond acceptors (Lipinski definition) is 3. The quantitative estimate of drug-likeness (QED) is 0.849. The number of nitrogens with zero attached hydrogens (tertiary/aromatic N) is 1. The van der Waals surface area contributed by atoms with Crippen molar-refractivity contribution in [2.24, 2.45) is 0 Å². The summed E-state index contributed by atoms with van der Waals surface area (Å²) in [6.07, 6.45) is 2.73. The zero-order chi connectivity index (χ0) is 13.7. The van der Waals surface area contributed by atoms with Crippen LogP contribution in [-0.4, -0.2) is 11.5 Å². The Morgan fingerprint density at radius 3 is 2.79 bits per heavy atom. The lowest BCUT2D eigenvalue weighted by atomic mass is 10.2. The van der Waals surface area contributed by atoms with Gasteiger partial charge in [0.2, 0.25) is 0 Å². The van der Waals surface area contributed by atoms with Crippen LogP contribution >= 0.6 is 0 Å². The first-order valence-corrected chi connectivity index (χ1v) is 6.42. The smallest absolute Gasteiger partial charge is 0.146 e. The maximum atomic E-state index is 13.7. The van der Waals surface area contributed by atoms with Crippen LogP contribution in [0.3, 0.4) is 0 Å². The third kappa shape index (κ3) is 3.68. The van der Waals surface area contributed by atoms with Gasteiger partial charge in [-0.05, 0) is 37.1 Å². The molecule has 0 amide bonds. The molecule has 0 radical (unpaired) electrons. The number of nitrogens with one attached hydrogen (secondary N) is 2. The summed E-state index contributed by atoms with van der Waals surface area (Å²) in [6, 6.07) is 8.82. The molecule has 19 heavy (non-hydrogen) atoms. The van der Waals surface area contributed by atoms with Gasteiger partial charge in [-0.3, -0.25) is 0 Å². The largest absolute Gasteiger partial charge is 0.370 e. The molecule has 1 aromatic heterocycles. The lowest BCUT2D eigenvalue weighted by Crippen LogP contribution is -2.02. The van der Waals surface area contributed by atoms with Crippen LogP contribution in [0.1, 0.15) is 18.9 Å². The number of pyridine rings is 1. The summed E-state index contributed by atoms with van der Waals surface area (Å²) < 4.78 is 13.7. The van der Waals surface area contributed by atoms with Crippen molar-refractivity contribution in [1.82, 2.24) is 4.98 Å². The van der Waals surface area contributed by atoms with Crippen LogP contribution in [0.4, 0.5) is 21.6 Å². The second-order valence-corrected chi connectivity index (χ2v) is 4.46. The molecule has 0 bridgehead atoms. The minimum absolute atomic E-state index is 0.250. The van der Waals surface area contributed by atoms with Crippen LogP contribution in [0, 0.1) is 12.7 Å². The van der Waals surface area contributed by atoms with E-state index in [9.17, 15) is 4.39 Å². The first kappa shape index (κ1) is 13.3.